The van der Waals surface area contributed by atoms with Crippen LogP contribution in [0.1, 0.15) is 17.1 Å². The quantitative estimate of drug-likeness (QED) is 0.665. The summed E-state index contributed by atoms with van der Waals surface area (Å²) < 4.78 is 7.65. The minimum Gasteiger partial charge on any atom is -0.469 e. The lowest BCUT2D eigenvalue weighted by Gasteiger charge is -2.07. The van der Waals surface area contributed by atoms with E-state index in [1.807, 2.05) is 12.1 Å². The fourth-order valence-corrected chi connectivity index (χ4v) is 2.66. The third kappa shape index (κ3) is 2.59. The first kappa shape index (κ1) is 13.3. The van der Waals surface area contributed by atoms with Gasteiger partial charge < -0.3 is 8.98 Å². The molecule has 3 nitrogen and oxygen atoms in total. The number of alkyl halides is 1. The summed E-state index contributed by atoms with van der Waals surface area (Å²) >= 11 is 5.89. The van der Waals surface area contributed by atoms with Crippen molar-refractivity contribution in [2.24, 2.45) is 0 Å². The van der Waals surface area contributed by atoms with Crippen molar-refractivity contribution in [2.45, 2.75) is 26.3 Å². The van der Waals surface area contributed by atoms with Crippen LogP contribution >= 0.6 is 11.6 Å². The van der Waals surface area contributed by atoms with Gasteiger partial charge in [0.05, 0.1) is 17.3 Å². The third-order valence-corrected chi connectivity index (χ3v) is 3.65. The van der Waals surface area contributed by atoms with E-state index in [0.29, 0.717) is 5.88 Å². The second kappa shape index (κ2) is 5.71. The predicted molar refractivity (Wildman–Crippen MR) is 81.3 cm³/mol. The summed E-state index contributed by atoms with van der Waals surface area (Å²) in [5.41, 5.74) is 3.44. The molecule has 4 heteroatoms. The smallest absolute Gasteiger partial charge is 0.111 e. The molecule has 0 aliphatic carbocycles. The van der Waals surface area contributed by atoms with Crippen LogP contribution in [0, 0.1) is 6.92 Å². The standard InChI is InChI=1S/C16H17ClN2O/c1-12-4-5-15-14(11-12)18-16(6-8-17)19(15)9-7-13-3-2-10-20-13/h2-5,10-11H,6-9H2,1H3. The summed E-state index contributed by atoms with van der Waals surface area (Å²) in [6, 6.07) is 10.3. The summed E-state index contributed by atoms with van der Waals surface area (Å²) in [4.78, 5) is 4.71. The van der Waals surface area contributed by atoms with Crippen molar-refractivity contribution in [1.82, 2.24) is 9.55 Å². The number of halogens is 1. The zero-order chi connectivity index (χ0) is 13.9. The van der Waals surface area contributed by atoms with E-state index in [1.165, 1.54) is 11.1 Å². The van der Waals surface area contributed by atoms with Gasteiger partial charge in [-0.3, -0.25) is 0 Å². The Balaban J connectivity index is 1.95. The molecular formula is C16H17ClN2O. The van der Waals surface area contributed by atoms with E-state index in [4.69, 9.17) is 21.0 Å². The summed E-state index contributed by atoms with van der Waals surface area (Å²) in [6.45, 7) is 2.95. The van der Waals surface area contributed by atoms with Crippen LogP contribution in [0.3, 0.4) is 0 Å². The Bertz CT molecular complexity index is 701. The van der Waals surface area contributed by atoms with Gasteiger partial charge in [0.25, 0.3) is 0 Å². The number of aromatic nitrogens is 2. The number of hydrogen-bond acceptors (Lipinski definition) is 2. The van der Waals surface area contributed by atoms with E-state index < -0.39 is 0 Å². The second-order valence-electron chi connectivity index (χ2n) is 4.94. The largest absolute Gasteiger partial charge is 0.469 e. The zero-order valence-corrected chi connectivity index (χ0v) is 12.2. The fourth-order valence-electron chi connectivity index (χ4n) is 2.49. The van der Waals surface area contributed by atoms with Crippen LogP contribution in [0.2, 0.25) is 0 Å². The van der Waals surface area contributed by atoms with Crippen LogP contribution in [0.4, 0.5) is 0 Å². The fraction of sp³-hybridized carbons (Fsp3) is 0.312. The summed E-state index contributed by atoms with van der Waals surface area (Å²) in [6.07, 6.45) is 3.36. The first-order chi connectivity index (χ1) is 9.78. The normalized spacial score (nSPS) is 11.3. The second-order valence-corrected chi connectivity index (χ2v) is 5.32. The minimum absolute atomic E-state index is 0.586. The molecule has 0 atom stereocenters. The van der Waals surface area contributed by atoms with E-state index in [-0.39, 0.29) is 0 Å². The molecule has 0 aliphatic rings. The van der Waals surface area contributed by atoms with E-state index >= 15 is 0 Å². The number of imidazole rings is 1. The molecule has 0 saturated heterocycles. The van der Waals surface area contributed by atoms with Gasteiger partial charge in [-0.2, -0.15) is 0 Å². The number of nitrogens with zero attached hydrogens (tertiary/aromatic N) is 2. The van der Waals surface area contributed by atoms with Crippen molar-refractivity contribution in [2.75, 3.05) is 5.88 Å². The molecule has 104 valence electrons. The lowest BCUT2D eigenvalue weighted by molar-refractivity contribution is 0.490. The number of aryl methyl sites for hydroxylation is 4. The molecule has 3 rings (SSSR count). The minimum atomic E-state index is 0.586. The van der Waals surface area contributed by atoms with Gasteiger partial charge in [0.2, 0.25) is 0 Å². The Morgan fingerprint density at radius 1 is 1.25 bits per heavy atom. The van der Waals surface area contributed by atoms with Crippen LogP contribution in [-0.4, -0.2) is 15.4 Å². The molecule has 0 radical (unpaired) electrons. The van der Waals surface area contributed by atoms with Gasteiger partial charge in [-0.25, -0.2) is 4.98 Å². The van der Waals surface area contributed by atoms with Crippen molar-refractivity contribution in [3.05, 3.63) is 53.7 Å². The van der Waals surface area contributed by atoms with Gasteiger partial charge in [0, 0.05) is 25.3 Å². The van der Waals surface area contributed by atoms with Crippen LogP contribution in [-0.2, 0) is 19.4 Å². The molecule has 0 fully saturated rings. The Morgan fingerprint density at radius 3 is 2.90 bits per heavy atom. The van der Waals surface area contributed by atoms with Crippen molar-refractivity contribution < 1.29 is 4.42 Å². The molecule has 0 unspecified atom stereocenters. The van der Waals surface area contributed by atoms with Crippen LogP contribution in [0.5, 0.6) is 0 Å². The SMILES string of the molecule is Cc1ccc2c(c1)nc(CCCl)n2CCc1ccco1. The molecule has 0 spiro atoms. The predicted octanol–water partition coefficient (Wildman–Crippen LogP) is 3.96. The van der Waals surface area contributed by atoms with Gasteiger partial charge in [0.1, 0.15) is 11.6 Å². The highest BCUT2D eigenvalue weighted by atomic mass is 35.5. The lowest BCUT2D eigenvalue weighted by atomic mass is 10.2. The van der Waals surface area contributed by atoms with Gasteiger partial charge in [-0.05, 0) is 36.8 Å². The molecule has 0 saturated carbocycles. The number of fused-ring (bicyclic) bond motifs is 1. The van der Waals surface area contributed by atoms with Crippen LogP contribution in [0.25, 0.3) is 11.0 Å². The molecule has 0 N–H and O–H groups in total. The number of benzene rings is 1. The summed E-state index contributed by atoms with van der Waals surface area (Å²) in [5.74, 6) is 2.63. The van der Waals surface area contributed by atoms with Gasteiger partial charge in [-0.15, -0.1) is 11.6 Å². The van der Waals surface area contributed by atoms with Crippen molar-refractivity contribution in [3.63, 3.8) is 0 Å². The molecule has 20 heavy (non-hydrogen) atoms. The average molecular weight is 289 g/mol. The number of furan rings is 1. The number of rotatable bonds is 5. The Kier molecular flexibility index (Phi) is 3.79. The van der Waals surface area contributed by atoms with E-state index in [1.54, 1.807) is 6.26 Å². The Labute approximate surface area is 123 Å². The molecule has 0 amide bonds. The zero-order valence-electron chi connectivity index (χ0n) is 11.5. The molecule has 0 bridgehead atoms. The van der Waals surface area contributed by atoms with Gasteiger partial charge in [-0.1, -0.05) is 6.07 Å². The van der Waals surface area contributed by atoms with E-state index in [9.17, 15) is 0 Å². The van der Waals surface area contributed by atoms with Gasteiger partial charge in [0.15, 0.2) is 0 Å². The van der Waals surface area contributed by atoms with E-state index in [2.05, 4.69) is 29.7 Å². The van der Waals surface area contributed by atoms with Crippen molar-refractivity contribution >= 4 is 22.6 Å². The molecular weight excluding hydrogens is 272 g/mol. The average Bonchev–Trinajstić information content (AvgIpc) is 3.04. The maximum Gasteiger partial charge on any atom is 0.111 e. The molecule has 3 aromatic rings. The third-order valence-electron chi connectivity index (χ3n) is 3.46. The first-order valence-corrected chi connectivity index (χ1v) is 7.35. The highest BCUT2D eigenvalue weighted by Gasteiger charge is 2.11. The van der Waals surface area contributed by atoms with E-state index in [0.717, 1.165) is 36.5 Å². The highest BCUT2D eigenvalue weighted by Crippen LogP contribution is 2.19. The molecule has 1 aromatic carbocycles. The maximum atomic E-state index is 5.89. The summed E-state index contributed by atoms with van der Waals surface area (Å²) in [5, 5.41) is 0. The van der Waals surface area contributed by atoms with Crippen molar-refractivity contribution in [3.8, 4) is 0 Å². The highest BCUT2D eigenvalue weighted by molar-refractivity contribution is 6.17. The van der Waals surface area contributed by atoms with Gasteiger partial charge >= 0.3 is 0 Å². The number of hydrogen-bond donors (Lipinski definition) is 0. The molecule has 2 heterocycles. The summed E-state index contributed by atoms with van der Waals surface area (Å²) in [7, 11) is 0. The Hall–Kier alpha value is -1.74. The van der Waals surface area contributed by atoms with Crippen LogP contribution < -0.4 is 0 Å². The first-order valence-electron chi connectivity index (χ1n) is 6.82. The Morgan fingerprint density at radius 2 is 2.15 bits per heavy atom. The van der Waals surface area contributed by atoms with Crippen molar-refractivity contribution in [1.29, 1.82) is 0 Å². The molecule has 2 aromatic heterocycles. The maximum absolute atomic E-state index is 5.89. The lowest BCUT2D eigenvalue weighted by Crippen LogP contribution is -2.06. The monoisotopic (exact) mass is 288 g/mol. The van der Waals surface area contributed by atoms with Crippen LogP contribution in [0.15, 0.2) is 41.0 Å². The molecule has 0 aliphatic heterocycles. The topological polar surface area (TPSA) is 31.0 Å².